The molecule has 3 N–H and O–H groups in total. The first-order valence-corrected chi connectivity index (χ1v) is 14.3. The van der Waals surface area contributed by atoms with Crippen molar-refractivity contribution in [1.29, 1.82) is 0 Å². The van der Waals surface area contributed by atoms with Crippen LogP contribution in [0.3, 0.4) is 0 Å². The zero-order valence-corrected chi connectivity index (χ0v) is 23.6. The second kappa shape index (κ2) is 12.1. The zero-order chi connectivity index (χ0) is 29.0. The number of anilines is 1. The summed E-state index contributed by atoms with van der Waals surface area (Å²) in [5.74, 6) is 0.772. The van der Waals surface area contributed by atoms with Crippen LogP contribution >= 0.6 is 0 Å². The monoisotopic (exact) mass is 555 g/mol. The van der Waals surface area contributed by atoms with Crippen LogP contribution in [0.25, 0.3) is 22.4 Å². The van der Waals surface area contributed by atoms with Crippen LogP contribution in [0.5, 0.6) is 0 Å². The van der Waals surface area contributed by atoms with E-state index in [-0.39, 0.29) is 23.8 Å². The molecule has 2 aliphatic rings. The second-order valence-electron chi connectivity index (χ2n) is 11.3. The lowest BCUT2D eigenvalue weighted by Crippen LogP contribution is -2.50. The number of pyridine rings is 2. The van der Waals surface area contributed by atoms with Crippen LogP contribution in [0.2, 0.25) is 0 Å². The minimum atomic E-state index is -1.01. The SMILES string of the molecule is CC(=O)N(C)C1CCC(CC(=O)Nc2cc(-c3ccccn3)c(-c3ccc(C4(NC(=O)O)CCC4)cc3)cn2)CC1. The number of nitrogens with one attached hydrogen (secondary N) is 2. The number of hydrogen-bond donors (Lipinski definition) is 3. The summed E-state index contributed by atoms with van der Waals surface area (Å²) in [5, 5.41) is 15.0. The van der Waals surface area contributed by atoms with E-state index in [0.29, 0.717) is 12.2 Å². The van der Waals surface area contributed by atoms with Crippen molar-refractivity contribution in [3.05, 3.63) is 66.5 Å². The molecule has 41 heavy (non-hydrogen) atoms. The van der Waals surface area contributed by atoms with Crippen molar-refractivity contribution in [1.82, 2.24) is 20.2 Å². The smallest absolute Gasteiger partial charge is 0.405 e. The van der Waals surface area contributed by atoms with E-state index >= 15 is 0 Å². The van der Waals surface area contributed by atoms with Gasteiger partial charge in [-0.15, -0.1) is 0 Å². The molecule has 2 fully saturated rings. The van der Waals surface area contributed by atoms with Crippen LogP contribution in [0.4, 0.5) is 10.6 Å². The molecule has 3 amide bonds. The van der Waals surface area contributed by atoms with E-state index in [1.165, 1.54) is 0 Å². The lowest BCUT2D eigenvalue weighted by molar-refractivity contribution is -0.130. The maximum Gasteiger partial charge on any atom is 0.405 e. The van der Waals surface area contributed by atoms with Crippen molar-refractivity contribution in [3.63, 3.8) is 0 Å². The molecule has 2 heterocycles. The first kappa shape index (κ1) is 28.3. The van der Waals surface area contributed by atoms with Crippen molar-refractivity contribution < 1.29 is 19.5 Å². The summed E-state index contributed by atoms with van der Waals surface area (Å²) in [6.45, 7) is 1.59. The number of amides is 3. The van der Waals surface area contributed by atoms with E-state index < -0.39 is 11.6 Å². The van der Waals surface area contributed by atoms with Crippen molar-refractivity contribution in [2.24, 2.45) is 5.92 Å². The normalized spacial score (nSPS) is 19.5. The van der Waals surface area contributed by atoms with Gasteiger partial charge in [-0.05, 0) is 80.2 Å². The molecule has 9 heteroatoms. The Morgan fingerprint density at radius 1 is 1.00 bits per heavy atom. The number of carboxylic acid groups (broad SMARTS) is 1. The molecule has 0 bridgehead atoms. The van der Waals surface area contributed by atoms with Gasteiger partial charge in [0.05, 0.1) is 11.2 Å². The molecular weight excluding hydrogens is 518 g/mol. The number of rotatable bonds is 8. The molecule has 0 saturated heterocycles. The molecular formula is C32H37N5O4. The third kappa shape index (κ3) is 6.39. The van der Waals surface area contributed by atoms with Crippen molar-refractivity contribution >= 4 is 23.7 Å². The molecule has 2 aromatic heterocycles. The van der Waals surface area contributed by atoms with Gasteiger partial charge in [-0.2, -0.15) is 0 Å². The average Bonchev–Trinajstić information content (AvgIpc) is 2.95. The molecule has 0 unspecified atom stereocenters. The van der Waals surface area contributed by atoms with Crippen LogP contribution in [-0.2, 0) is 15.1 Å². The summed E-state index contributed by atoms with van der Waals surface area (Å²) >= 11 is 0. The van der Waals surface area contributed by atoms with Gasteiger partial charge >= 0.3 is 6.09 Å². The number of carbonyl (C=O) groups excluding carboxylic acids is 2. The maximum absolute atomic E-state index is 13.0. The molecule has 9 nitrogen and oxygen atoms in total. The van der Waals surface area contributed by atoms with E-state index in [9.17, 15) is 19.5 Å². The quantitative estimate of drug-likeness (QED) is 0.322. The molecule has 2 aliphatic carbocycles. The van der Waals surface area contributed by atoms with Crippen molar-refractivity contribution in [3.8, 4) is 22.4 Å². The lowest BCUT2D eigenvalue weighted by Gasteiger charge is -2.42. The third-order valence-electron chi connectivity index (χ3n) is 8.75. The summed E-state index contributed by atoms with van der Waals surface area (Å²) in [6, 6.07) is 15.8. The van der Waals surface area contributed by atoms with E-state index in [1.807, 2.05) is 60.5 Å². The highest BCUT2D eigenvalue weighted by Gasteiger charge is 2.40. The number of carbonyl (C=O) groups is 3. The highest BCUT2D eigenvalue weighted by molar-refractivity contribution is 5.92. The topological polar surface area (TPSA) is 125 Å². The van der Waals surface area contributed by atoms with Crippen LogP contribution < -0.4 is 10.6 Å². The van der Waals surface area contributed by atoms with Crippen LogP contribution in [0, 0.1) is 5.92 Å². The Bertz CT molecular complexity index is 1400. The molecule has 1 aromatic carbocycles. The molecule has 5 rings (SSSR count). The Morgan fingerprint density at radius 3 is 2.32 bits per heavy atom. The highest BCUT2D eigenvalue weighted by atomic mass is 16.4. The van der Waals surface area contributed by atoms with E-state index in [0.717, 1.165) is 72.9 Å². The zero-order valence-electron chi connectivity index (χ0n) is 23.6. The number of hydrogen-bond acceptors (Lipinski definition) is 5. The molecule has 2 saturated carbocycles. The average molecular weight is 556 g/mol. The Hall–Kier alpha value is -4.27. The first-order valence-electron chi connectivity index (χ1n) is 14.3. The molecule has 0 radical (unpaired) electrons. The van der Waals surface area contributed by atoms with Gasteiger partial charge in [0.25, 0.3) is 0 Å². The Balaban J connectivity index is 1.32. The second-order valence-corrected chi connectivity index (χ2v) is 11.3. The minimum Gasteiger partial charge on any atom is -0.465 e. The molecule has 3 aromatic rings. The predicted molar refractivity (Wildman–Crippen MR) is 157 cm³/mol. The van der Waals surface area contributed by atoms with E-state index in [1.54, 1.807) is 19.3 Å². The third-order valence-corrected chi connectivity index (χ3v) is 8.75. The maximum atomic E-state index is 13.0. The highest BCUT2D eigenvalue weighted by Crippen LogP contribution is 2.42. The minimum absolute atomic E-state index is 0.0679. The number of aromatic nitrogens is 2. The van der Waals surface area contributed by atoms with Gasteiger partial charge in [-0.3, -0.25) is 14.6 Å². The van der Waals surface area contributed by atoms with Gasteiger partial charge in [0, 0.05) is 50.0 Å². The van der Waals surface area contributed by atoms with Crippen LogP contribution in [-0.4, -0.2) is 51.0 Å². The fourth-order valence-corrected chi connectivity index (χ4v) is 6.13. The standard InChI is InChI=1S/C32H37N5O4/c1-21(38)37(2)25-13-7-22(8-14-25)18-30(39)35-29-19-26(28-6-3-4-17-33-28)27(20-34-29)23-9-11-24(12-10-23)32(15-5-16-32)36-31(40)41/h3-4,6,9-12,17,19-20,22,25,36H,5,7-8,13-16,18H2,1-2H3,(H,40,41)(H,34,35,39). The van der Waals surface area contributed by atoms with Crippen LogP contribution in [0.1, 0.15) is 63.9 Å². The largest absolute Gasteiger partial charge is 0.465 e. The summed E-state index contributed by atoms with van der Waals surface area (Å²) in [7, 11) is 1.85. The molecule has 0 aliphatic heterocycles. The van der Waals surface area contributed by atoms with Gasteiger partial charge < -0.3 is 20.6 Å². The summed E-state index contributed by atoms with van der Waals surface area (Å²) in [5.41, 5.74) is 3.84. The summed E-state index contributed by atoms with van der Waals surface area (Å²) < 4.78 is 0. The Kier molecular flexibility index (Phi) is 8.33. The Labute approximate surface area is 240 Å². The molecule has 0 atom stereocenters. The van der Waals surface area contributed by atoms with E-state index in [2.05, 4.69) is 20.6 Å². The van der Waals surface area contributed by atoms with Gasteiger partial charge in [0.2, 0.25) is 11.8 Å². The van der Waals surface area contributed by atoms with Gasteiger partial charge in [0.1, 0.15) is 5.82 Å². The summed E-state index contributed by atoms with van der Waals surface area (Å²) in [6.07, 6.45) is 9.12. The lowest BCUT2D eigenvalue weighted by atomic mass is 9.71. The number of nitrogens with zero attached hydrogens (tertiary/aromatic N) is 3. The first-order chi connectivity index (χ1) is 19.7. The Morgan fingerprint density at radius 2 is 1.73 bits per heavy atom. The van der Waals surface area contributed by atoms with Crippen molar-refractivity contribution in [2.75, 3.05) is 12.4 Å². The van der Waals surface area contributed by atoms with Crippen LogP contribution in [0.15, 0.2) is 60.9 Å². The van der Waals surface area contributed by atoms with Gasteiger partial charge in [-0.1, -0.05) is 30.3 Å². The van der Waals surface area contributed by atoms with Gasteiger partial charge in [0.15, 0.2) is 0 Å². The number of benzene rings is 1. The molecule has 214 valence electrons. The predicted octanol–water partition coefficient (Wildman–Crippen LogP) is 5.82. The van der Waals surface area contributed by atoms with Crippen molar-refractivity contribution in [2.45, 2.75) is 69.9 Å². The van der Waals surface area contributed by atoms with Gasteiger partial charge in [-0.25, -0.2) is 9.78 Å². The molecule has 0 spiro atoms. The fraction of sp³-hybridized carbons (Fsp3) is 0.406. The fourth-order valence-electron chi connectivity index (χ4n) is 6.13. The summed E-state index contributed by atoms with van der Waals surface area (Å²) in [4.78, 5) is 47.0. The van der Waals surface area contributed by atoms with E-state index in [4.69, 9.17) is 0 Å².